The van der Waals surface area contributed by atoms with Crippen molar-refractivity contribution in [3.05, 3.63) is 59.7 Å². The molecule has 0 saturated carbocycles. The highest BCUT2D eigenvalue weighted by Crippen LogP contribution is 2.35. The Morgan fingerprint density at radius 2 is 0.882 bits per heavy atom. The highest BCUT2D eigenvalue weighted by Gasteiger charge is 2.11. The van der Waals surface area contributed by atoms with Gasteiger partial charge in [0.05, 0.1) is 0 Å². The van der Waals surface area contributed by atoms with Crippen molar-refractivity contribution in [2.24, 2.45) is 0 Å². The van der Waals surface area contributed by atoms with Crippen molar-refractivity contribution in [3.8, 4) is 11.5 Å². The Morgan fingerprint density at radius 1 is 0.529 bits per heavy atom. The van der Waals surface area contributed by atoms with Crippen LogP contribution >= 0.6 is 8.25 Å². The van der Waals surface area contributed by atoms with Crippen LogP contribution in [0.2, 0.25) is 0 Å². The zero-order valence-corrected chi connectivity index (χ0v) is 22.7. The Hall–Kier alpha value is -1.73. The van der Waals surface area contributed by atoms with Crippen molar-refractivity contribution >= 4 is 8.25 Å². The van der Waals surface area contributed by atoms with Gasteiger partial charge in [0.15, 0.2) is 0 Å². The molecule has 2 rings (SSSR count). The van der Waals surface area contributed by atoms with Crippen molar-refractivity contribution in [2.45, 2.75) is 117 Å². The number of aryl methyl sites for hydroxylation is 2. The summed E-state index contributed by atoms with van der Waals surface area (Å²) in [7, 11) is -2.68. The molecule has 2 aromatic carbocycles. The molecule has 0 fully saturated rings. The molecule has 2 aromatic rings. The fourth-order valence-corrected chi connectivity index (χ4v) is 5.16. The van der Waals surface area contributed by atoms with E-state index in [0.29, 0.717) is 11.5 Å². The Kier molecular flexibility index (Phi) is 15.6. The van der Waals surface area contributed by atoms with E-state index in [1.54, 1.807) is 0 Å². The average molecular weight is 487 g/mol. The molecule has 0 aliphatic heterocycles. The van der Waals surface area contributed by atoms with Gasteiger partial charge in [-0.25, -0.2) is 4.57 Å². The molecule has 0 spiro atoms. The van der Waals surface area contributed by atoms with Crippen molar-refractivity contribution in [1.82, 2.24) is 0 Å². The monoisotopic (exact) mass is 486 g/mol. The second kappa shape index (κ2) is 18.6. The molecule has 34 heavy (non-hydrogen) atoms. The van der Waals surface area contributed by atoms with Crippen LogP contribution in [0.5, 0.6) is 11.5 Å². The maximum atomic E-state index is 12.8. The molecular weight excluding hydrogens is 439 g/mol. The molecule has 4 heteroatoms. The number of rotatable bonds is 20. The van der Waals surface area contributed by atoms with Gasteiger partial charge in [-0.2, -0.15) is 0 Å². The van der Waals surface area contributed by atoms with Crippen LogP contribution in [0.1, 0.15) is 115 Å². The molecule has 0 amide bonds. The van der Waals surface area contributed by atoms with Crippen LogP contribution in [-0.2, 0) is 17.4 Å². The largest absolute Gasteiger partial charge is 0.418 e. The zero-order valence-electron chi connectivity index (χ0n) is 21.7. The summed E-state index contributed by atoms with van der Waals surface area (Å²) in [4.78, 5) is 0. The second-order valence-electron chi connectivity index (χ2n) is 9.41. The molecule has 0 saturated heterocycles. The molecule has 0 unspecified atom stereocenters. The summed E-state index contributed by atoms with van der Waals surface area (Å²) >= 11 is 0. The van der Waals surface area contributed by atoms with E-state index < -0.39 is 8.25 Å². The molecule has 0 aliphatic carbocycles. The molecule has 190 valence electrons. The lowest BCUT2D eigenvalue weighted by Gasteiger charge is -2.14. The van der Waals surface area contributed by atoms with Gasteiger partial charge >= 0.3 is 8.25 Å². The number of hydrogen-bond acceptors (Lipinski definition) is 3. The number of para-hydroxylation sites is 2. The maximum absolute atomic E-state index is 12.8. The lowest BCUT2D eigenvalue weighted by atomic mass is 10.0. The number of hydrogen-bond donors (Lipinski definition) is 0. The van der Waals surface area contributed by atoms with Gasteiger partial charge in [0.1, 0.15) is 11.5 Å². The van der Waals surface area contributed by atoms with Crippen LogP contribution in [0, 0.1) is 0 Å². The first kappa shape index (κ1) is 28.5. The van der Waals surface area contributed by atoms with Crippen molar-refractivity contribution in [1.29, 1.82) is 0 Å². The summed E-state index contributed by atoms with van der Waals surface area (Å²) in [5.74, 6) is 1.39. The third kappa shape index (κ3) is 12.1. The van der Waals surface area contributed by atoms with Crippen LogP contribution in [-0.4, -0.2) is 0 Å². The first-order valence-corrected chi connectivity index (χ1v) is 15.0. The van der Waals surface area contributed by atoms with Crippen LogP contribution in [0.4, 0.5) is 0 Å². The van der Waals surface area contributed by atoms with E-state index in [0.717, 1.165) is 36.8 Å². The molecule has 0 N–H and O–H groups in total. The van der Waals surface area contributed by atoms with E-state index >= 15 is 0 Å². The average Bonchev–Trinajstić information content (AvgIpc) is 2.85. The first-order valence-electron chi connectivity index (χ1n) is 13.8. The SMILES string of the molecule is CCCCCCCCCc1ccccc1O[PH](=O)Oc1ccccc1CCCCCCCCC. The van der Waals surface area contributed by atoms with Gasteiger partial charge in [-0.05, 0) is 48.9 Å². The van der Waals surface area contributed by atoms with Gasteiger partial charge in [0.2, 0.25) is 0 Å². The Balaban J connectivity index is 1.79. The summed E-state index contributed by atoms with van der Waals surface area (Å²) in [5.41, 5.74) is 2.24. The lowest BCUT2D eigenvalue weighted by molar-refractivity contribution is 0.411. The third-order valence-electron chi connectivity index (χ3n) is 6.43. The quantitative estimate of drug-likeness (QED) is 0.138. The van der Waals surface area contributed by atoms with E-state index in [4.69, 9.17) is 9.05 Å². The molecular formula is C30H47O3P. The Bertz CT molecular complexity index is 740. The van der Waals surface area contributed by atoms with Gasteiger partial charge in [0.25, 0.3) is 0 Å². The van der Waals surface area contributed by atoms with Gasteiger partial charge in [0, 0.05) is 0 Å². The van der Waals surface area contributed by atoms with Crippen molar-refractivity contribution in [2.75, 3.05) is 0 Å². The van der Waals surface area contributed by atoms with Crippen LogP contribution in [0.25, 0.3) is 0 Å². The molecule has 0 heterocycles. The summed E-state index contributed by atoms with van der Waals surface area (Å²) in [5, 5.41) is 0. The van der Waals surface area contributed by atoms with Gasteiger partial charge in [-0.1, -0.05) is 127 Å². The summed E-state index contributed by atoms with van der Waals surface area (Å²) in [6, 6.07) is 15.9. The molecule has 0 atom stereocenters. The van der Waals surface area contributed by atoms with E-state index in [-0.39, 0.29) is 0 Å². The van der Waals surface area contributed by atoms with Crippen molar-refractivity contribution in [3.63, 3.8) is 0 Å². The second-order valence-corrected chi connectivity index (χ2v) is 10.3. The van der Waals surface area contributed by atoms with Gasteiger partial charge < -0.3 is 9.05 Å². The fourth-order valence-electron chi connectivity index (χ4n) is 4.37. The minimum absolute atomic E-state index is 0.696. The molecule has 0 radical (unpaired) electrons. The molecule has 0 aliphatic rings. The smallest absolute Gasteiger partial charge is 0.418 e. The van der Waals surface area contributed by atoms with E-state index in [1.807, 2.05) is 36.4 Å². The lowest BCUT2D eigenvalue weighted by Crippen LogP contribution is -1.96. The van der Waals surface area contributed by atoms with E-state index in [1.165, 1.54) is 77.0 Å². The zero-order chi connectivity index (χ0) is 24.3. The van der Waals surface area contributed by atoms with Gasteiger partial charge in [-0.15, -0.1) is 0 Å². The summed E-state index contributed by atoms with van der Waals surface area (Å²) in [6.07, 6.45) is 19.8. The topological polar surface area (TPSA) is 35.5 Å². The van der Waals surface area contributed by atoms with Crippen LogP contribution < -0.4 is 9.05 Å². The molecule has 0 aromatic heterocycles. The fraction of sp³-hybridized carbons (Fsp3) is 0.600. The van der Waals surface area contributed by atoms with E-state index in [2.05, 4.69) is 26.0 Å². The standard InChI is InChI=1S/C30H47O3P/c1-3-5-7-9-11-13-15-21-27-23-17-19-25-29(27)32-34(31)33-30-26-20-18-24-28(30)22-16-14-12-10-8-6-4-2/h17-20,23-26,34H,3-16,21-22H2,1-2H3. The number of unbranched alkanes of at least 4 members (excludes halogenated alkanes) is 12. The molecule has 3 nitrogen and oxygen atoms in total. The summed E-state index contributed by atoms with van der Waals surface area (Å²) in [6.45, 7) is 4.50. The maximum Gasteiger partial charge on any atom is 0.418 e. The highest BCUT2D eigenvalue weighted by molar-refractivity contribution is 7.34. The molecule has 0 bridgehead atoms. The number of benzene rings is 2. The highest BCUT2D eigenvalue weighted by atomic mass is 31.1. The normalized spacial score (nSPS) is 11.1. The third-order valence-corrected chi connectivity index (χ3v) is 7.20. The Labute approximate surface area is 209 Å². The van der Waals surface area contributed by atoms with Crippen molar-refractivity contribution < 1.29 is 13.6 Å². The van der Waals surface area contributed by atoms with Crippen LogP contribution in [0.15, 0.2) is 48.5 Å². The van der Waals surface area contributed by atoms with E-state index in [9.17, 15) is 4.57 Å². The predicted octanol–water partition coefficient (Wildman–Crippen LogP) is 10.1. The van der Waals surface area contributed by atoms with Gasteiger partial charge in [-0.3, -0.25) is 0 Å². The minimum atomic E-state index is -2.68. The summed E-state index contributed by atoms with van der Waals surface area (Å²) < 4.78 is 24.4. The first-order chi connectivity index (χ1) is 16.7. The Morgan fingerprint density at radius 3 is 1.29 bits per heavy atom. The minimum Gasteiger partial charge on any atom is -0.418 e. The van der Waals surface area contributed by atoms with Crippen LogP contribution in [0.3, 0.4) is 0 Å². The predicted molar refractivity (Wildman–Crippen MR) is 147 cm³/mol.